The Kier molecular flexibility index (Phi) is 4.54. The number of nitrogens with one attached hydrogen (secondary N) is 1. The van der Waals surface area contributed by atoms with Crippen molar-refractivity contribution < 1.29 is 14.0 Å². The molecule has 0 saturated heterocycles. The maximum Gasteiger partial charge on any atom is 0.123 e. The lowest BCUT2D eigenvalue weighted by Gasteiger charge is -2.24. The molecular weight excluding hydrogens is 277 g/mol. The molecule has 22 heavy (non-hydrogen) atoms. The molecule has 1 aliphatic rings. The quantitative estimate of drug-likeness (QED) is 0.916. The Labute approximate surface area is 130 Å². The van der Waals surface area contributed by atoms with Gasteiger partial charge in [-0.1, -0.05) is 24.3 Å². The van der Waals surface area contributed by atoms with Crippen LogP contribution in [0.15, 0.2) is 54.6 Å². The third kappa shape index (κ3) is 3.55. The minimum Gasteiger partial charge on any atom is -0.497 e. The van der Waals surface area contributed by atoms with Crippen LogP contribution in [-0.2, 0) is 6.54 Å². The fraction of sp³-hybridized carbons (Fsp3) is 0.263. The zero-order chi connectivity index (χ0) is 15.4. The summed E-state index contributed by atoms with van der Waals surface area (Å²) in [5.74, 6) is 0.738. The predicted molar refractivity (Wildman–Crippen MR) is 86.4 cm³/mol. The van der Waals surface area contributed by atoms with Crippen LogP contribution >= 0.6 is 0 Å². The molecule has 2 nitrogen and oxygen atoms in total. The van der Waals surface area contributed by atoms with Crippen molar-refractivity contribution in [3.05, 3.63) is 71.6 Å². The Morgan fingerprint density at radius 1 is 1.14 bits per heavy atom. The van der Waals surface area contributed by atoms with Gasteiger partial charge < -0.3 is 9.64 Å². The van der Waals surface area contributed by atoms with Crippen LogP contribution in [0.4, 0.5) is 4.39 Å². The van der Waals surface area contributed by atoms with E-state index in [9.17, 15) is 4.39 Å². The maximum atomic E-state index is 13.0. The summed E-state index contributed by atoms with van der Waals surface area (Å²) in [6.45, 7) is 3.11. The summed E-state index contributed by atoms with van der Waals surface area (Å²) in [6.07, 6.45) is 3.32. The van der Waals surface area contributed by atoms with Crippen LogP contribution in [0, 0.1) is 5.82 Å². The molecule has 1 aliphatic heterocycles. The third-order valence-corrected chi connectivity index (χ3v) is 4.19. The normalized spacial score (nSPS) is 17.9. The highest BCUT2D eigenvalue weighted by atomic mass is 19.1. The fourth-order valence-corrected chi connectivity index (χ4v) is 2.94. The van der Waals surface area contributed by atoms with Gasteiger partial charge in [-0.3, -0.25) is 0 Å². The molecule has 0 aliphatic carbocycles. The van der Waals surface area contributed by atoms with E-state index in [1.165, 1.54) is 23.3 Å². The highest BCUT2D eigenvalue weighted by Gasteiger charge is 2.16. The van der Waals surface area contributed by atoms with E-state index in [1.54, 1.807) is 12.0 Å². The number of ether oxygens (including phenoxy) is 1. The minimum absolute atomic E-state index is 0.176. The van der Waals surface area contributed by atoms with Gasteiger partial charge in [0.2, 0.25) is 0 Å². The van der Waals surface area contributed by atoms with Crippen molar-refractivity contribution in [2.24, 2.45) is 0 Å². The van der Waals surface area contributed by atoms with Gasteiger partial charge in [0.15, 0.2) is 0 Å². The van der Waals surface area contributed by atoms with E-state index in [0.29, 0.717) is 0 Å². The first-order valence-corrected chi connectivity index (χ1v) is 7.66. The van der Waals surface area contributed by atoms with Crippen LogP contribution < -0.4 is 9.64 Å². The van der Waals surface area contributed by atoms with Gasteiger partial charge in [-0.25, -0.2) is 4.39 Å². The van der Waals surface area contributed by atoms with Crippen molar-refractivity contribution in [1.82, 2.24) is 0 Å². The first-order chi connectivity index (χ1) is 10.7. The third-order valence-electron chi connectivity index (χ3n) is 4.19. The molecule has 3 rings (SSSR count). The molecule has 0 spiro atoms. The van der Waals surface area contributed by atoms with Crippen LogP contribution in [0.2, 0.25) is 0 Å². The molecular formula is C19H21FNO+. The van der Waals surface area contributed by atoms with Crippen LogP contribution in [0.1, 0.15) is 17.5 Å². The minimum atomic E-state index is -0.176. The molecule has 114 valence electrons. The fourth-order valence-electron chi connectivity index (χ4n) is 2.94. The molecule has 1 N–H and O–H groups in total. The highest BCUT2D eigenvalue weighted by Crippen LogP contribution is 2.19. The molecule has 0 saturated carbocycles. The Hall–Kier alpha value is -2.13. The molecule has 1 atom stereocenters. The largest absolute Gasteiger partial charge is 0.497 e. The van der Waals surface area contributed by atoms with Crippen molar-refractivity contribution in [1.29, 1.82) is 0 Å². The van der Waals surface area contributed by atoms with E-state index in [2.05, 4.69) is 18.2 Å². The van der Waals surface area contributed by atoms with Gasteiger partial charge in [-0.2, -0.15) is 0 Å². The molecule has 1 heterocycles. The van der Waals surface area contributed by atoms with Crippen molar-refractivity contribution >= 4 is 5.57 Å². The topological polar surface area (TPSA) is 13.7 Å². The van der Waals surface area contributed by atoms with Crippen molar-refractivity contribution in [3.63, 3.8) is 0 Å². The Bertz CT molecular complexity index is 663. The Morgan fingerprint density at radius 3 is 2.64 bits per heavy atom. The lowest BCUT2D eigenvalue weighted by Crippen LogP contribution is -3.11. The van der Waals surface area contributed by atoms with Crippen LogP contribution in [0.25, 0.3) is 5.57 Å². The highest BCUT2D eigenvalue weighted by molar-refractivity contribution is 5.65. The lowest BCUT2D eigenvalue weighted by atomic mass is 9.99. The smallest absolute Gasteiger partial charge is 0.123 e. The van der Waals surface area contributed by atoms with Gasteiger partial charge in [0, 0.05) is 12.0 Å². The molecule has 0 bridgehead atoms. The Balaban J connectivity index is 1.64. The summed E-state index contributed by atoms with van der Waals surface area (Å²) in [5.41, 5.74) is 3.77. The standard InChI is InChI=1S/C19H20FNO/c1-22-19-4-2-3-15(13-19)14-21-11-9-17(10-12-21)16-5-7-18(20)8-6-16/h2-9,13H,10-12,14H2,1H3/p+1. The van der Waals surface area contributed by atoms with E-state index in [4.69, 9.17) is 4.74 Å². The molecule has 2 aromatic rings. The van der Waals surface area contributed by atoms with Gasteiger partial charge >= 0.3 is 0 Å². The first-order valence-electron chi connectivity index (χ1n) is 7.66. The van der Waals surface area contributed by atoms with Gasteiger partial charge in [-0.05, 0) is 41.5 Å². The summed E-state index contributed by atoms with van der Waals surface area (Å²) in [6, 6.07) is 15.1. The maximum absolute atomic E-state index is 13.0. The SMILES string of the molecule is COc1cccc(C[NH+]2CC=C(c3ccc(F)cc3)CC2)c1. The summed E-state index contributed by atoms with van der Waals surface area (Å²) in [4.78, 5) is 1.54. The second-order valence-electron chi connectivity index (χ2n) is 5.72. The van der Waals surface area contributed by atoms with Gasteiger partial charge in [0.05, 0.1) is 20.2 Å². The number of rotatable bonds is 4. The second-order valence-corrected chi connectivity index (χ2v) is 5.72. The lowest BCUT2D eigenvalue weighted by molar-refractivity contribution is -0.908. The van der Waals surface area contributed by atoms with E-state index in [1.807, 2.05) is 24.3 Å². The Morgan fingerprint density at radius 2 is 1.95 bits per heavy atom. The van der Waals surface area contributed by atoms with E-state index in [0.717, 1.165) is 37.4 Å². The summed E-state index contributed by atoms with van der Waals surface area (Å²) < 4.78 is 18.3. The molecule has 0 fully saturated rings. The van der Waals surface area contributed by atoms with E-state index < -0.39 is 0 Å². The van der Waals surface area contributed by atoms with Gasteiger partial charge in [0.25, 0.3) is 0 Å². The first kappa shape index (κ1) is 14.8. The molecule has 3 heteroatoms. The number of halogens is 1. The predicted octanol–water partition coefficient (Wildman–Crippen LogP) is 2.71. The van der Waals surface area contributed by atoms with Crippen molar-refractivity contribution in [2.45, 2.75) is 13.0 Å². The second kappa shape index (κ2) is 6.75. The number of hydrogen-bond donors (Lipinski definition) is 1. The van der Waals surface area contributed by atoms with Crippen LogP contribution in [0.5, 0.6) is 5.75 Å². The zero-order valence-electron chi connectivity index (χ0n) is 12.8. The van der Waals surface area contributed by atoms with Crippen LogP contribution in [0.3, 0.4) is 0 Å². The molecule has 0 aromatic heterocycles. The average Bonchev–Trinajstić information content (AvgIpc) is 2.57. The summed E-state index contributed by atoms with van der Waals surface area (Å²) in [5, 5.41) is 0. The van der Waals surface area contributed by atoms with Gasteiger partial charge in [0.1, 0.15) is 18.1 Å². The molecule has 0 radical (unpaired) electrons. The average molecular weight is 298 g/mol. The zero-order valence-corrected chi connectivity index (χ0v) is 12.8. The summed E-state index contributed by atoms with van der Waals surface area (Å²) >= 11 is 0. The summed E-state index contributed by atoms with van der Waals surface area (Å²) in [7, 11) is 1.70. The number of quaternary nitrogens is 1. The number of methoxy groups -OCH3 is 1. The van der Waals surface area contributed by atoms with E-state index >= 15 is 0 Å². The van der Waals surface area contributed by atoms with Gasteiger partial charge in [-0.15, -0.1) is 0 Å². The molecule has 1 unspecified atom stereocenters. The monoisotopic (exact) mass is 298 g/mol. The van der Waals surface area contributed by atoms with E-state index in [-0.39, 0.29) is 5.82 Å². The number of benzene rings is 2. The molecule has 0 amide bonds. The molecule has 2 aromatic carbocycles. The van der Waals surface area contributed by atoms with Crippen molar-refractivity contribution in [2.75, 3.05) is 20.2 Å². The van der Waals surface area contributed by atoms with Crippen molar-refractivity contribution in [3.8, 4) is 5.75 Å². The van der Waals surface area contributed by atoms with Crippen LogP contribution in [-0.4, -0.2) is 20.2 Å². The number of hydrogen-bond acceptors (Lipinski definition) is 1.